The van der Waals surface area contributed by atoms with Crippen LogP contribution in [0.15, 0.2) is 24.3 Å². The molecule has 64 valence electrons. The molecule has 12 heavy (non-hydrogen) atoms. The standard InChI is InChI=1S/C11H14O/c1-9-2-4-10(5-3-9)11-6-7-12-8-11/h2-5,11H,6-8H2,1H3. The summed E-state index contributed by atoms with van der Waals surface area (Å²) in [5.74, 6) is 0.644. The van der Waals surface area contributed by atoms with Crippen molar-refractivity contribution in [1.82, 2.24) is 0 Å². The summed E-state index contributed by atoms with van der Waals surface area (Å²) in [5.41, 5.74) is 2.76. The fourth-order valence-electron chi connectivity index (χ4n) is 1.64. The molecule has 1 nitrogen and oxygen atoms in total. The highest BCUT2D eigenvalue weighted by Gasteiger charge is 2.16. The number of hydrogen-bond donors (Lipinski definition) is 0. The molecule has 1 fully saturated rings. The second kappa shape index (κ2) is 3.28. The average molecular weight is 162 g/mol. The molecule has 0 aliphatic carbocycles. The van der Waals surface area contributed by atoms with E-state index >= 15 is 0 Å². The van der Waals surface area contributed by atoms with Crippen molar-refractivity contribution in [3.63, 3.8) is 0 Å². The third kappa shape index (κ3) is 1.51. The summed E-state index contributed by atoms with van der Waals surface area (Å²) in [4.78, 5) is 0. The van der Waals surface area contributed by atoms with E-state index in [1.54, 1.807) is 0 Å². The van der Waals surface area contributed by atoms with Crippen molar-refractivity contribution in [3.05, 3.63) is 35.4 Å². The van der Waals surface area contributed by atoms with Gasteiger partial charge in [-0.25, -0.2) is 0 Å². The summed E-state index contributed by atoms with van der Waals surface area (Å²) in [5, 5.41) is 0. The Morgan fingerprint density at radius 1 is 1.25 bits per heavy atom. The second-order valence-corrected chi connectivity index (χ2v) is 3.47. The van der Waals surface area contributed by atoms with Crippen molar-refractivity contribution in [1.29, 1.82) is 0 Å². The molecule has 1 aliphatic heterocycles. The number of hydrogen-bond acceptors (Lipinski definition) is 1. The second-order valence-electron chi connectivity index (χ2n) is 3.47. The molecule has 0 amide bonds. The van der Waals surface area contributed by atoms with E-state index in [1.165, 1.54) is 17.5 Å². The van der Waals surface area contributed by atoms with Gasteiger partial charge in [-0.3, -0.25) is 0 Å². The van der Waals surface area contributed by atoms with Crippen LogP contribution in [0.2, 0.25) is 0 Å². The molecular weight excluding hydrogens is 148 g/mol. The predicted octanol–water partition coefficient (Wildman–Crippen LogP) is 2.50. The Hall–Kier alpha value is -0.820. The third-order valence-electron chi connectivity index (χ3n) is 2.48. The van der Waals surface area contributed by atoms with Gasteiger partial charge in [0.1, 0.15) is 0 Å². The summed E-state index contributed by atoms with van der Waals surface area (Å²) in [6, 6.07) is 8.78. The number of ether oxygens (including phenoxy) is 1. The maximum absolute atomic E-state index is 5.34. The molecule has 1 atom stereocenters. The summed E-state index contributed by atoms with van der Waals surface area (Å²) in [6.45, 7) is 3.95. The van der Waals surface area contributed by atoms with E-state index in [-0.39, 0.29) is 0 Å². The van der Waals surface area contributed by atoms with E-state index < -0.39 is 0 Å². The van der Waals surface area contributed by atoms with E-state index in [9.17, 15) is 0 Å². The first-order chi connectivity index (χ1) is 5.86. The molecule has 1 aromatic rings. The van der Waals surface area contributed by atoms with Gasteiger partial charge in [0, 0.05) is 12.5 Å². The Balaban J connectivity index is 2.17. The van der Waals surface area contributed by atoms with Crippen molar-refractivity contribution < 1.29 is 4.74 Å². The van der Waals surface area contributed by atoms with E-state index in [4.69, 9.17) is 4.74 Å². The first-order valence-electron chi connectivity index (χ1n) is 4.50. The lowest BCUT2D eigenvalue weighted by molar-refractivity contribution is 0.194. The minimum atomic E-state index is 0.644. The Morgan fingerprint density at radius 2 is 2.00 bits per heavy atom. The van der Waals surface area contributed by atoms with Gasteiger partial charge in [0.05, 0.1) is 6.61 Å². The van der Waals surface area contributed by atoms with Crippen LogP contribution in [0.1, 0.15) is 23.5 Å². The maximum Gasteiger partial charge on any atom is 0.0535 e. The van der Waals surface area contributed by atoms with Crippen LogP contribution in [0, 0.1) is 6.92 Å². The Labute approximate surface area is 73.4 Å². The van der Waals surface area contributed by atoms with E-state index in [0.29, 0.717) is 5.92 Å². The smallest absolute Gasteiger partial charge is 0.0535 e. The van der Waals surface area contributed by atoms with Crippen molar-refractivity contribution >= 4 is 0 Å². The van der Waals surface area contributed by atoms with Gasteiger partial charge >= 0.3 is 0 Å². The Bertz CT molecular complexity index is 244. The molecule has 1 unspecified atom stereocenters. The molecule has 0 radical (unpaired) electrons. The highest BCUT2D eigenvalue weighted by Crippen LogP contribution is 2.24. The van der Waals surface area contributed by atoms with Gasteiger partial charge < -0.3 is 4.74 Å². The fourth-order valence-corrected chi connectivity index (χ4v) is 1.64. The molecule has 0 N–H and O–H groups in total. The van der Waals surface area contributed by atoms with Crippen molar-refractivity contribution in [2.75, 3.05) is 13.2 Å². The lowest BCUT2D eigenvalue weighted by Crippen LogP contribution is -1.96. The number of benzene rings is 1. The van der Waals surface area contributed by atoms with Crippen LogP contribution in [0.4, 0.5) is 0 Å². The van der Waals surface area contributed by atoms with Crippen LogP contribution in [0.3, 0.4) is 0 Å². The molecule has 1 heteroatoms. The van der Waals surface area contributed by atoms with Gasteiger partial charge in [-0.05, 0) is 18.9 Å². The normalized spacial score (nSPS) is 22.9. The monoisotopic (exact) mass is 162 g/mol. The zero-order valence-electron chi connectivity index (χ0n) is 7.42. The first-order valence-corrected chi connectivity index (χ1v) is 4.50. The van der Waals surface area contributed by atoms with Gasteiger partial charge in [0.2, 0.25) is 0 Å². The van der Waals surface area contributed by atoms with Gasteiger partial charge in [-0.2, -0.15) is 0 Å². The summed E-state index contributed by atoms with van der Waals surface area (Å²) in [7, 11) is 0. The molecular formula is C11H14O. The summed E-state index contributed by atoms with van der Waals surface area (Å²) in [6.07, 6.45) is 1.18. The molecule has 0 aromatic heterocycles. The Morgan fingerprint density at radius 3 is 2.58 bits per heavy atom. The fraction of sp³-hybridized carbons (Fsp3) is 0.455. The SMILES string of the molecule is Cc1ccc(C2CCOC2)cc1. The first kappa shape index (κ1) is 7.81. The quantitative estimate of drug-likeness (QED) is 0.616. The molecule has 1 aliphatic rings. The molecule has 1 heterocycles. The van der Waals surface area contributed by atoms with Crippen molar-refractivity contribution in [2.24, 2.45) is 0 Å². The van der Waals surface area contributed by atoms with Gasteiger partial charge in [0.15, 0.2) is 0 Å². The molecule has 0 spiro atoms. The molecule has 1 saturated heterocycles. The van der Waals surface area contributed by atoms with Gasteiger partial charge in [0.25, 0.3) is 0 Å². The van der Waals surface area contributed by atoms with Crippen LogP contribution in [0.25, 0.3) is 0 Å². The largest absolute Gasteiger partial charge is 0.381 e. The van der Waals surface area contributed by atoms with Crippen molar-refractivity contribution in [2.45, 2.75) is 19.3 Å². The lowest BCUT2D eigenvalue weighted by Gasteiger charge is -2.07. The van der Waals surface area contributed by atoms with Crippen LogP contribution < -0.4 is 0 Å². The van der Waals surface area contributed by atoms with Crippen LogP contribution in [0.5, 0.6) is 0 Å². The third-order valence-corrected chi connectivity index (χ3v) is 2.48. The molecule has 2 rings (SSSR count). The maximum atomic E-state index is 5.34. The lowest BCUT2D eigenvalue weighted by atomic mass is 9.98. The van der Waals surface area contributed by atoms with Gasteiger partial charge in [-0.1, -0.05) is 29.8 Å². The Kier molecular flexibility index (Phi) is 2.13. The average Bonchev–Trinajstić information content (AvgIpc) is 2.58. The van der Waals surface area contributed by atoms with Gasteiger partial charge in [-0.15, -0.1) is 0 Å². The van der Waals surface area contributed by atoms with Crippen LogP contribution in [-0.4, -0.2) is 13.2 Å². The molecule has 1 aromatic carbocycles. The minimum Gasteiger partial charge on any atom is -0.381 e. The zero-order valence-corrected chi connectivity index (χ0v) is 7.42. The number of aryl methyl sites for hydroxylation is 1. The summed E-state index contributed by atoms with van der Waals surface area (Å²) >= 11 is 0. The number of rotatable bonds is 1. The molecule has 0 bridgehead atoms. The van der Waals surface area contributed by atoms with E-state index in [1.807, 2.05) is 0 Å². The van der Waals surface area contributed by atoms with Crippen LogP contribution in [-0.2, 0) is 4.74 Å². The highest BCUT2D eigenvalue weighted by atomic mass is 16.5. The van der Waals surface area contributed by atoms with E-state index in [2.05, 4.69) is 31.2 Å². The van der Waals surface area contributed by atoms with E-state index in [0.717, 1.165) is 13.2 Å². The van der Waals surface area contributed by atoms with Crippen molar-refractivity contribution in [3.8, 4) is 0 Å². The zero-order chi connectivity index (χ0) is 8.39. The predicted molar refractivity (Wildman–Crippen MR) is 49.4 cm³/mol. The molecule has 0 saturated carbocycles. The summed E-state index contributed by atoms with van der Waals surface area (Å²) < 4.78 is 5.34. The topological polar surface area (TPSA) is 9.23 Å². The minimum absolute atomic E-state index is 0.644. The van der Waals surface area contributed by atoms with Crippen LogP contribution >= 0.6 is 0 Å². The highest BCUT2D eigenvalue weighted by molar-refractivity contribution is 5.24.